The zero-order valence-corrected chi connectivity index (χ0v) is 48.5. The van der Waals surface area contributed by atoms with Crippen LogP contribution in [0.15, 0.2) is 0 Å². The second kappa shape index (κ2) is 21.7. The average molecular weight is 1120 g/mol. The highest BCUT2D eigenvalue weighted by atomic mass is 16.7. The number of aliphatic hydroxyl groups is 1. The molecule has 8 fully saturated rings. The molecule has 22 heteroatoms. The molecule has 0 aromatic heterocycles. The van der Waals surface area contributed by atoms with Crippen molar-refractivity contribution in [2.45, 2.75) is 253 Å². The maximum absolute atomic E-state index is 13.2. The predicted octanol–water partition coefficient (Wildman–Crippen LogP) is 5.29. The maximum Gasteiger partial charge on any atom is 0.303 e. The topological polar surface area (TPSA) is 277 Å². The van der Waals surface area contributed by atoms with Gasteiger partial charge in [-0.3, -0.25) is 38.4 Å². The average Bonchev–Trinajstić information content (AvgIpc) is 1.56. The lowest BCUT2D eigenvalue weighted by atomic mass is 9.41. The summed E-state index contributed by atoms with van der Waals surface area (Å²) in [6.07, 6.45) is -9.19. The van der Waals surface area contributed by atoms with Gasteiger partial charge >= 0.3 is 47.8 Å². The Morgan fingerprint density at radius 3 is 1.65 bits per heavy atom. The smallest absolute Gasteiger partial charge is 0.303 e. The number of ether oxygens (including phenoxy) is 13. The summed E-state index contributed by atoms with van der Waals surface area (Å²) < 4.78 is 80.8. The number of carbonyl (C=O) groups excluding carboxylic acids is 8. The Hall–Kier alpha value is -4.48. The summed E-state index contributed by atoms with van der Waals surface area (Å²) in [6.45, 7) is 23.3. The van der Waals surface area contributed by atoms with Gasteiger partial charge < -0.3 is 66.7 Å². The van der Waals surface area contributed by atoms with Crippen LogP contribution in [-0.2, 0) is 99.9 Å². The molecule has 2 spiro atoms. The number of esters is 8. The van der Waals surface area contributed by atoms with Crippen LogP contribution in [0.4, 0.5) is 0 Å². The van der Waals surface area contributed by atoms with E-state index in [2.05, 4.69) is 34.6 Å². The van der Waals surface area contributed by atoms with Gasteiger partial charge in [0, 0.05) is 61.3 Å². The standard InChI is InChI=1S/C57H84O22/c1-27(58)67-24-38-42(71-30(4)61)44(73-32(6)63)46(75-34(8)65)50(77-38)76-35-22-39-54(14)23-36(69-28(2)59)48(55(15)18-16-41(79-55)52(11,12)66)53(54,13)20-21-56(39)26-57(56)19-17-40(51(9,10)47(35)57)78-49-45(74-33(7)64)43(72-31(5)62)37(25-68-49)70-29(3)60/h35-50,66H,16-26H2,1-15H3/t35-,36-,37?,38?,39-,40-,41-,42?,43?,44?,45?,46?,47?,48-,49?,50?,53+,54-,55+,56-,57+/m0/s1. The van der Waals surface area contributed by atoms with Crippen LogP contribution in [0.2, 0.25) is 0 Å². The first-order valence-electron chi connectivity index (χ1n) is 27.9. The van der Waals surface area contributed by atoms with E-state index >= 15 is 0 Å². The summed E-state index contributed by atoms with van der Waals surface area (Å²) in [5.74, 6) is -6.34. The molecule has 3 saturated heterocycles. The van der Waals surface area contributed by atoms with E-state index in [0.717, 1.165) is 33.1 Å². The summed E-state index contributed by atoms with van der Waals surface area (Å²) >= 11 is 0. The minimum Gasteiger partial charge on any atom is -0.463 e. The Morgan fingerprint density at radius 2 is 1.09 bits per heavy atom. The normalized spacial score (nSPS) is 43.7. The quantitative estimate of drug-likeness (QED) is 0.124. The number of fused-ring (bicyclic) bond motifs is 2. The van der Waals surface area contributed by atoms with Gasteiger partial charge in [0.15, 0.2) is 49.2 Å². The molecule has 22 nitrogen and oxygen atoms in total. The van der Waals surface area contributed by atoms with Crippen LogP contribution in [0.5, 0.6) is 0 Å². The number of carbonyl (C=O) groups is 8. The Kier molecular flexibility index (Phi) is 16.6. The molecule has 0 bridgehead atoms. The number of hydrogen-bond donors (Lipinski definition) is 1. The molecule has 8 rings (SSSR count). The van der Waals surface area contributed by atoms with Crippen LogP contribution in [-0.4, -0.2) is 157 Å². The lowest BCUT2D eigenvalue weighted by Crippen LogP contribution is -2.66. The van der Waals surface area contributed by atoms with Crippen molar-refractivity contribution < 1.29 is 105 Å². The van der Waals surface area contributed by atoms with Crippen molar-refractivity contribution in [1.29, 1.82) is 0 Å². The highest BCUT2D eigenvalue weighted by Crippen LogP contribution is 2.89. The van der Waals surface area contributed by atoms with E-state index in [4.69, 9.17) is 61.6 Å². The molecule has 0 amide bonds. The first-order chi connectivity index (χ1) is 36.6. The molecule has 3 aliphatic heterocycles. The second-order valence-corrected chi connectivity index (χ2v) is 25.8. The van der Waals surface area contributed by atoms with Crippen molar-refractivity contribution in [3.05, 3.63) is 0 Å². The van der Waals surface area contributed by atoms with Gasteiger partial charge in [0.1, 0.15) is 18.8 Å². The fourth-order valence-electron chi connectivity index (χ4n) is 17.2. The van der Waals surface area contributed by atoms with Crippen LogP contribution in [0.25, 0.3) is 0 Å². The first kappa shape index (κ1) is 60.6. The van der Waals surface area contributed by atoms with Crippen LogP contribution >= 0.6 is 0 Å². The lowest BCUT2D eigenvalue weighted by Gasteiger charge is -2.65. The third-order valence-corrected chi connectivity index (χ3v) is 19.9. The van der Waals surface area contributed by atoms with Crippen molar-refractivity contribution in [3.63, 3.8) is 0 Å². The highest BCUT2D eigenvalue weighted by molar-refractivity contribution is 5.70. The summed E-state index contributed by atoms with van der Waals surface area (Å²) in [4.78, 5) is 102. The summed E-state index contributed by atoms with van der Waals surface area (Å²) in [5.41, 5.74) is -4.52. The molecule has 79 heavy (non-hydrogen) atoms. The zero-order chi connectivity index (χ0) is 58.3. The van der Waals surface area contributed by atoms with E-state index < -0.39 is 173 Å². The molecule has 8 aliphatic rings. The predicted molar refractivity (Wildman–Crippen MR) is 270 cm³/mol. The van der Waals surface area contributed by atoms with Crippen LogP contribution in [0.3, 0.4) is 0 Å². The molecule has 10 unspecified atom stereocenters. The Balaban J connectivity index is 1.24. The van der Waals surface area contributed by atoms with Gasteiger partial charge in [-0.1, -0.05) is 27.7 Å². The van der Waals surface area contributed by atoms with Crippen LogP contribution in [0, 0.1) is 44.8 Å². The van der Waals surface area contributed by atoms with Gasteiger partial charge in [0.05, 0.1) is 36.1 Å². The highest BCUT2D eigenvalue weighted by Gasteiger charge is 2.86. The molecule has 3 heterocycles. The van der Waals surface area contributed by atoms with Gasteiger partial charge in [-0.2, -0.15) is 0 Å². The second-order valence-electron chi connectivity index (χ2n) is 25.8. The minimum atomic E-state index is -1.53. The lowest BCUT2D eigenvalue weighted by molar-refractivity contribution is -0.341. The molecule has 1 N–H and O–H groups in total. The van der Waals surface area contributed by atoms with E-state index in [1.54, 1.807) is 13.8 Å². The van der Waals surface area contributed by atoms with Crippen molar-refractivity contribution >= 4 is 47.8 Å². The Morgan fingerprint density at radius 1 is 0.544 bits per heavy atom. The van der Waals surface area contributed by atoms with E-state index in [-0.39, 0.29) is 23.9 Å². The van der Waals surface area contributed by atoms with Crippen LogP contribution in [0.1, 0.15) is 162 Å². The monoisotopic (exact) mass is 1120 g/mol. The van der Waals surface area contributed by atoms with Crippen LogP contribution < -0.4 is 0 Å². The van der Waals surface area contributed by atoms with E-state index in [9.17, 15) is 43.5 Å². The fourth-order valence-corrected chi connectivity index (χ4v) is 17.2. The largest absolute Gasteiger partial charge is 0.463 e. The molecular weight excluding hydrogens is 1040 g/mol. The molecule has 0 aromatic carbocycles. The SMILES string of the molecule is CC(=O)OCC1OC(O[C@H]2C[C@@H]3[C@]4(CC[C@]5(C)[C@@H]([C@@]6(C)CC[C@@H](C(C)(C)O)O6)[C@@H](OC(C)=O)C[C@@]35C)C[C@@]43CC[C@H](OC4OCC(OC(C)=O)C(OC(C)=O)C4OC(C)=O)C(C)(C)C23)C(OC(C)=O)C(OC(C)=O)C1OC(C)=O. The molecule has 444 valence electrons. The third-order valence-electron chi connectivity index (χ3n) is 19.9. The number of rotatable bonds is 15. The molecule has 21 atom stereocenters. The first-order valence-corrected chi connectivity index (χ1v) is 27.9. The van der Waals surface area contributed by atoms with Crippen molar-refractivity contribution in [2.75, 3.05) is 13.2 Å². The van der Waals surface area contributed by atoms with Gasteiger partial charge in [-0.15, -0.1) is 0 Å². The van der Waals surface area contributed by atoms with Crippen molar-refractivity contribution in [2.24, 2.45) is 44.8 Å². The third kappa shape index (κ3) is 11.0. The van der Waals surface area contributed by atoms with Gasteiger partial charge in [0.2, 0.25) is 0 Å². The molecule has 5 saturated carbocycles. The minimum absolute atomic E-state index is 0.102. The zero-order valence-electron chi connectivity index (χ0n) is 48.5. The summed E-state index contributed by atoms with van der Waals surface area (Å²) in [7, 11) is 0. The molecule has 0 radical (unpaired) electrons. The van der Waals surface area contributed by atoms with Gasteiger partial charge in [-0.05, 0) is 117 Å². The molecule has 0 aromatic rings. The number of hydrogen-bond acceptors (Lipinski definition) is 22. The molecule has 5 aliphatic carbocycles. The Labute approximate surface area is 462 Å². The van der Waals surface area contributed by atoms with Gasteiger partial charge in [0.25, 0.3) is 0 Å². The van der Waals surface area contributed by atoms with E-state index in [1.807, 2.05) is 0 Å². The Bertz CT molecular complexity index is 2400. The van der Waals surface area contributed by atoms with E-state index in [0.29, 0.717) is 38.5 Å². The van der Waals surface area contributed by atoms with E-state index in [1.165, 1.54) is 41.5 Å². The van der Waals surface area contributed by atoms with Crippen molar-refractivity contribution in [3.8, 4) is 0 Å². The van der Waals surface area contributed by atoms with Gasteiger partial charge in [-0.25, -0.2) is 0 Å². The maximum atomic E-state index is 13.2. The fraction of sp³-hybridized carbons (Fsp3) is 0.860. The molecular formula is C57H84O22. The van der Waals surface area contributed by atoms with Crippen molar-refractivity contribution in [1.82, 2.24) is 0 Å². The summed E-state index contributed by atoms with van der Waals surface area (Å²) in [6, 6.07) is 0. The summed E-state index contributed by atoms with van der Waals surface area (Å²) in [5, 5.41) is 11.2.